The van der Waals surface area contributed by atoms with Crippen LogP contribution in [0.3, 0.4) is 0 Å². The number of rotatable bonds is 0. The van der Waals surface area contributed by atoms with E-state index in [4.69, 9.17) is 0 Å². The summed E-state index contributed by atoms with van der Waals surface area (Å²) in [5.41, 5.74) is 0. The maximum Gasteiger partial charge on any atom is 0.0710 e. The normalized spacial score (nSPS) is 38.2. The van der Waals surface area contributed by atoms with E-state index in [2.05, 4.69) is 10.2 Å². The van der Waals surface area contributed by atoms with Crippen LogP contribution in [0, 0.1) is 0 Å². The Kier molecular flexibility index (Phi) is 1.89. The van der Waals surface area contributed by atoms with Gasteiger partial charge in [-0.25, -0.2) is 0 Å². The number of hydrogen-bond donors (Lipinski definition) is 0. The van der Waals surface area contributed by atoms with Crippen LogP contribution in [0.1, 0.15) is 25.7 Å². The van der Waals surface area contributed by atoms with Crippen LogP contribution in [0.2, 0.25) is 0 Å². The maximum absolute atomic E-state index is 4.12. The first-order chi connectivity index (χ1) is 3.95. The first-order valence-electron chi connectivity index (χ1n) is 3.35. The molecule has 2 bridgehead atoms. The second kappa shape index (κ2) is 2.50. The van der Waals surface area contributed by atoms with Crippen LogP contribution < -0.4 is 0 Å². The first kappa shape index (κ1) is 6.78. The SMILES string of the molecule is C1CC2CCC1N=N2.[B]. The highest BCUT2D eigenvalue weighted by Crippen LogP contribution is 2.28. The Bertz CT molecular complexity index is 102. The maximum atomic E-state index is 4.12. The number of hydrogen-bond acceptors (Lipinski definition) is 2. The summed E-state index contributed by atoms with van der Waals surface area (Å²) < 4.78 is 0. The molecule has 0 aromatic carbocycles. The molecule has 3 rings (SSSR count). The number of fused-ring (bicyclic) bond motifs is 2. The van der Waals surface area contributed by atoms with Gasteiger partial charge >= 0.3 is 0 Å². The highest BCUT2D eigenvalue weighted by atomic mass is 15.2. The molecular weight excluding hydrogens is 111 g/mol. The van der Waals surface area contributed by atoms with E-state index in [-0.39, 0.29) is 8.41 Å². The Hall–Kier alpha value is -0.335. The molecule has 3 heteroatoms. The molecule has 0 N–H and O–H groups in total. The molecule has 0 atom stereocenters. The smallest absolute Gasteiger partial charge is 0.0710 e. The third-order valence-electron chi connectivity index (χ3n) is 2.06. The van der Waals surface area contributed by atoms with Crippen molar-refractivity contribution in [1.82, 2.24) is 0 Å². The van der Waals surface area contributed by atoms with Gasteiger partial charge in [-0.05, 0) is 25.7 Å². The average molecular weight is 121 g/mol. The van der Waals surface area contributed by atoms with Crippen LogP contribution >= 0.6 is 0 Å². The molecule has 0 spiro atoms. The van der Waals surface area contributed by atoms with Crippen molar-refractivity contribution in [1.29, 1.82) is 0 Å². The molecule has 1 saturated carbocycles. The molecule has 0 unspecified atom stereocenters. The molecule has 1 fully saturated rings. The fourth-order valence-electron chi connectivity index (χ4n) is 1.48. The molecule has 1 aliphatic carbocycles. The van der Waals surface area contributed by atoms with E-state index in [1.54, 1.807) is 0 Å². The lowest BCUT2D eigenvalue weighted by atomic mass is 9.91. The van der Waals surface area contributed by atoms with Gasteiger partial charge in [0.15, 0.2) is 0 Å². The van der Waals surface area contributed by atoms with E-state index in [9.17, 15) is 0 Å². The van der Waals surface area contributed by atoms with Gasteiger partial charge in [-0.3, -0.25) is 0 Å². The predicted octanol–water partition coefficient (Wildman–Crippen LogP) is 1.38. The van der Waals surface area contributed by atoms with Crippen LogP contribution in [-0.4, -0.2) is 20.5 Å². The van der Waals surface area contributed by atoms with Gasteiger partial charge in [0.1, 0.15) is 0 Å². The fraction of sp³-hybridized carbons (Fsp3) is 1.00. The van der Waals surface area contributed by atoms with Crippen LogP contribution in [-0.2, 0) is 0 Å². The standard InChI is InChI=1S/C6H10N2.B/c1-2-6-4-3-5(1)7-8-6;/h5-6H,1-4H2;. The van der Waals surface area contributed by atoms with Crippen LogP contribution in [0.15, 0.2) is 10.2 Å². The minimum atomic E-state index is 0. The molecule has 2 heterocycles. The minimum Gasteiger partial charge on any atom is -0.191 e. The molecule has 3 aliphatic rings. The first-order valence-corrected chi connectivity index (χ1v) is 3.35. The Labute approximate surface area is 57.3 Å². The summed E-state index contributed by atoms with van der Waals surface area (Å²) in [5.74, 6) is 0. The van der Waals surface area contributed by atoms with Crippen molar-refractivity contribution in [2.75, 3.05) is 0 Å². The Morgan fingerprint density at radius 3 is 1.22 bits per heavy atom. The molecule has 2 aliphatic heterocycles. The molecule has 0 saturated heterocycles. The second-order valence-electron chi connectivity index (χ2n) is 2.69. The third kappa shape index (κ3) is 1.14. The highest BCUT2D eigenvalue weighted by Gasteiger charge is 2.24. The molecule has 3 radical (unpaired) electrons. The van der Waals surface area contributed by atoms with E-state index in [1.165, 1.54) is 25.7 Å². The monoisotopic (exact) mass is 121 g/mol. The van der Waals surface area contributed by atoms with Crippen molar-refractivity contribution in [2.45, 2.75) is 37.8 Å². The predicted molar refractivity (Wildman–Crippen MR) is 36.7 cm³/mol. The quantitative estimate of drug-likeness (QED) is 0.432. The van der Waals surface area contributed by atoms with E-state index in [1.807, 2.05) is 0 Å². The number of nitrogens with zero attached hydrogens (tertiary/aromatic N) is 2. The largest absolute Gasteiger partial charge is 0.191 e. The lowest BCUT2D eigenvalue weighted by Gasteiger charge is -2.27. The molecule has 47 valence electrons. The van der Waals surface area contributed by atoms with Crippen molar-refractivity contribution in [3.63, 3.8) is 0 Å². The Morgan fingerprint density at radius 1 is 0.778 bits per heavy atom. The van der Waals surface area contributed by atoms with Crippen molar-refractivity contribution in [2.24, 2.45) is 10.2 Å². The number of azo groups is 1. The summed E-state index contributed by atoms with van der Waals surface area (Å²) in [6, 6.07) is 1.22. The molecular formula is C6H10BN2. The van der Waals surface area contributed by atoms with Crippen LogP contribution in [0.25, 0.3) is 0 Å². The fourth-order valence-corrected chi connectivity index (χ4v) is 1.48. The average Bonchev–Trinajstić information content (AvgIpc) is 1.92. The van der Waals surface area contributed by atoms with Gasteiger partial charge in [0.2, 0.25) is 0 Å². The molecule has 0 amide bonds. The van der Waals surface area contributed by atoms with Crippen LogP contribution in [0.5, 0.6) is 0 Å². The zero-order valence-corrected chi connectivity index (χ0v) is 5.45. The van der Waals surface area contributed by atoms with Gasteiger partial charge < -0.3 is 0 Å². The van der Waals surface area contributed by atoms with E-state index < -0.39 is 0 Å². The summed E-state index contributed by atoms with van der Waals surface area (Å²) in [7, 11) is 0. The Morgan fingerprint density at radius 2 is 1.11 bits per heavy atom. The van der Waals surface area contributed by atoms with Gasteiger partial charge in [0.25, 0.3) is 0 Å². The van der Waals surface area contributed by atoms with E-state index in [0.29, 0.717) is 12.1 Å². The van der Waals surface area contributed by atoms with Crippen molar-refractivity contribution in [3.05, 3.63) is 0 Å². The van der Waals surface area contributed by atoms with Crippen molar-refractivity contribution in [3.8, 4) is 0 Å². The van der Waals surface area contributed by atoms with Crippen molar-refractivity contribution < 1.29 is 0 Å². The summed E-state index contributed by atoms with van der Waals surface area (Å²) >= 11 is 0. The summed E-state index contributed by atoms with van der Waals surface area (Å²) in [4.78, 5) is 0. The van der Waals surface area contributed by atoms with Crippen molar-refractivity contribution >= 4 is 8.41 Å². The zero-order valence-electron chi connectivity index (χ0n) is 5.45. The summed E-state index contributed by atoms with van der Waals surface area (Å²) in [5, 5.41) is 8.25. The third-order valence-corrected chi connectivity index (χ3v) is 2.06. The van der Waals surface area contributed by atoms with Gasteiger partial charge in [0, 0.05) is 8.41 Å². The van der Waals surface area contributed by atoms with Crippen LogP contribution in [0.4, 0.5) is 0 Å². The molecule has 2 nitrogen and oxygen atoms in total. The second-order valence-corrected chi connectivity index (χ2v) is 2.69. The van der Waals surface area contributed by atoms with Gasteiger partial charge in [-0.15, -0.1) is 0 Å². The highest BCUT2D eigenvalue weighted by molar-refractivity contribution is 5.75. The zero-order chi connectivity index (χ0) is 5.40. The topological polar surface area (TPSA) is 24.7 Å². The van der Waals surface area contributed by atoms with E-state index in [0.717, 1.165) is 0 Å². The summed E-state index contributed by atoms with van der Waals surface area (Å²) in [6.45, 7) is 0. The van der Waals surface area contributed by atoms with Gasteiger partial charge in [-0.1, -0.05) is 0 Å². The lowest BCUT2D eigenvalue weighted by molar-refractivity contribution is 0.324. The van der Waals surface area contributed by atoms with E-state index >= 15 is 0 Å². The summed E-state index contributed by atoms with van der Waals surface area (Å²) in [6.07, 6.45) is 5.20. The van der Waals surface area contributed by atoms with Gasteiger partial charge in [-0.2, -0.15) is 10.2 Å². The van der Waals surface area contributed by atoms with Gasteiger partial charge in [0.05, 0.1) is 12.1 Å². The molecule has 0 aromatic rings. The Balaban J connectivity index is 0.000000405. The molecule has 9 heavy (non-hydrogen) atoms. The lowest BCUT2D eigenvalue weighted by Crippen LogP contribution is -2.24. The minimum absolute atomic E-state index is 0. The molecule has 0 aromatic heterocycles.